The van der Waals surface area contributed by atoms with E-state index in [2.05, 4.69) is 50.7 Å². The first-order chi connectivity index (χ1) is 64.0. The minimum atomic E-state index is -1.77. The predicted octanol–water partition coefficient (Wildman–Crippen LogP) is 19.6. The van der Waals surface area contributed by atoms with Gasteiger partial charge in [0.25, 0.3) is 16.7 Å². The Morgan fingerprint density at radius 2 is 0.652 bits per heavy atom. The van der Waals surface area contributed by atoms with Crippen LogP contribution in [0.2, 0.25) is 45.2 Å². The molecule has 3 aliphatic rings. The largest absolute Gasteiger partial charge is 0.505 e. The highest BCUT2D eigenvalue weighted by Gasteiger charge is 2.38. The third-order valence-electron chi connectivity index (χ3n) is 23.0. The molecule has 15 rings (SSSR count). The Labute approximate surface area is 810 Å². The number of anilines is 3. The van der Waals surface area contributed by atoms with Gasteiger partial charge in [0, 0.05) is 113 Å². The third-order valence-corrected chi connectivity index (χ3v) is 26.1. The van der Waals surface area contributed by atoms with Gasteiger partial charge in [-0.2, -0.15) is 15.8 Å². The highest BCUT2D eigenvalue weighted by Crippen LogP contribution is 2.51. The van der Waals surface area contributed by atoms with Gasteiger partial charge >= 0.3 is 0 Å². The number of nitrogens with zero attached hydrogens (tertiary/aromatic N) is 18. The number of carbonyl (C=O) groups excluding carboxylic acids is 3. The number of phenols is 3. The van der Waals surface area contributed by atoms with E-state index in [0.717, 1.165) is 4.57 Å². The van der Waals surface area contributed by atoms with Gasteiger partial charge in [0.05, 0.1) is 115 Å². The van der Waals surface area contributed by atoms with Crippen LogP contribution in [-0.4, -0.2) is 170 Å². The Balaban J connectivity index is 0.000000171. The van der Waals surface area contributed by atoms with Crippen LogP contribution in [0, 0.1) is 89.7 Å². The Bertz CT molecular complexity index is 6650. The molecule has 0 saturated carbocycles. The van der Waals surface area contributed by atoms with Gasteiger partial charge in [-0.05, 0) is 110 Å². The molecule has 0 spiro atoms. The fraction of sp³-hybridized carbons (Fsp3) is 0.258. The molecule has 3 aromatic carbocycles. The molecule has 3 saturated heterocycles. The first kappa shape index (κ1) is 99.7. The predicted molar refractivity (Wildman–Crippen MR) is 509 cm³/mol. The van der Waals surface area contributed by atoms with Crippen LogP contribution in [-0.2, 0) is 14.4 Å². The smallest absolute Gasteiger partial charge is 0.276 e. The molecule has 0 radical (unpaired) electrons. The molecular formula is C93H75Cl9F6N18O9. The van der Waals surface area contributed by atoms with E-state index in [1.165, 1.54) is 45.6 Å². The lowest BCUT2D eigenvalue weighted by molar-refractivity contribution is -0.127. The van der Waals surface area contributed by atoms with Crippen molar-refractivity contribution in [3.63, 3.8) is 0 Å². The van der Waals surface area contributed by atoms with Crippen molar-refractivity contribution in [1.82, 2.24) is 58.3 Å². The molecule has 135 heavy (non-hydrogen) atoms. The molecule has 0 aliphatic carbocycles. The number of piperazine rings is 3. The monoisotopic (exact) mass is 2020 g/mol. The van der Waals surface area contributed by atoms with Crippen molar-refractivity contribution >= 4 is 172 Å². The lowest BCUT2D eigenvalue weighted by Crippen LogP contribution is -2.49. The van der Waals surface area contributed by atoms with Crippen molar-refractivity contribution in [3.8, 4) is 86.3 Å². The second-order valence-corrected chi connectivity index (χ2v) is 35.5. The highest BCUT2D eigenvalue weighted by atomic mass is 35.5. The quantitative estimate of drug-likeness (QED) is 0.0371. The summed E-state index contributed by atoms with van der Waals surface area (Å²) < 4.78 is 93.7. The van der Waals surface area contributed by atoms with Crippen LogP contribution in [0.3, 0.4) is 0 Å². The van der Waals surface area contributed by atoms with E-state index in [-0.39, 0.29) is 189 Å². The number of hydrogen-bond donors (Lipinski definition) is 3. The molecule has 12 aromatic rings. The molecule has 3 aliphatic heterocycles. The number of aromatic hydroxyl groups is 3. The lowest BCUT2D eigenvalue weighted by atomic mass is 10.0. The van der Waals surface area contributed by atoms with Crippen molar-refractivity contribution < 1.29 is 56.0 Å². The van der Waals surface area contributed by atoms with Crippen LogP contribution in [0.1, 0.15) is 110 Å². The number of carbonyl (C=O) groups is 3. The van der Waals surface area contributed by atoms with E-state index < -0.39 is 121 Å². The topological polar surface area (TPSA) is 346 Å². The van der Waals surface area contributed by atoms with Crippen molar-refractivity contribution in [1.29, 1.82) is 15.8 Å². The summed E-state index contributed by atoms with van der Waals surface area (Å²) in [5.41, 5.74) is -1.01. The second kappa shape index (κ2) is 40.1. The fourth-order valence-electron chi connectivity index (χ4n) is 16.4. The molecule has 0 atom stereocenters. The third kappa shape index (κ3) is 17.8. The molecular weight excluding hydrogens is 1950 g/mol. The van der Waals surface area contributed by atoms with Crippen LogP contribution in [0.25, 0.3) is 83.9 Å². The van der Waals surface area contributed by atoms with Crippen LogP contribution >= 0.6 is 104 Å². The van der Waals surface area contributed by atoms with Crippen LogP contribution in [0.4, 0.5) is 43.4 Å². The van der Waals surface area contributed by atoms with E-state index >= 15 is 13.2 Å². The number of rotatable bonds is 15. The minimum absolute atomic E-state index is 0.0250. The normalized spacial score (nSPS) is 13.4. The van der Waals surface area contributed by atoms with E-state index in [1.807, 2.05) is 58.6 Å². The number of fused-ring (bicyclic) bond motifs is 3. The molecule has 42 heteroatoms. The van der Waals surface area contributed by atoms with Gasteiger partial charge in [0.1, 0.15) is 66.9 Å². The van der Waals surface area contributed by atoms with Crippen LogP contribution in [0.5, 0.6) is 17.2 Å². The molecule has 3 amide bonds. The number of hydrogen-bond acceptors (Lipinski definition) is 21. The van der Waals surface area contributed by atoms with Gasteiger partial charge in [-0.1, -0.05) is 166 Å². The summed E-state index contributed by atoms with van der Waals surface area (Å²) >= 11 is 56.0. The zero-order chi connectivity index (χ0) is 98.7. The molecule has 0 unspecified atom stereocenters. The summed E-state index contributed by atoms with van der Waals surface area (Å²) in [5, 5.41) is 57.9. The Kier molecular flexibility index (Phi) is 29.6. The zero-order valence-corrected chi connectivity index (χ0v) is 79.6. The fourth-order valence-corrected chi connectivity index (χ4v) is 18.5. The molecule has 27 nitrogen and oxygen atoms in total. The number of benzene rings is 3. The number of amides is 3. The van der Waals surface area contributed by atoms with Gasteiger partial charge in [-0.25, -0.2) is 41.3 Å². The van der Waals surface area contributed by atoms with Gasteiger partial charge in [0.2, 0.25) is 17.7 Å². The Hall–Kier alpha value is -12.7. The first-order valence-electron chi connectivity index (χ1n) is 41.1. The summed E-state index contributed by atoms with van der Waals surface area (Å²) in [6.07, 6.45) is 8.41. The molecule has 3 fully saturated rings. The number of phenolic OH excluding ortho intramolecular Hbond substituents is 3. The Morgan fingerprint density at radius 1 is 0.378 bits per heavy atom. The van der Waals surface area contributed by atoms with Crippen LogP contribution < -0.4 is 31.4 Å². The molecule has 12 heterocycles. The van der Waals surface area contributed by atoms with Crippen molar-refractivity contribution in [2.24, 2.45) is 0 Å². The lowest BCUT2D eigenvalue weighted by Gasteiger charge is -2.36. The summed E-state index contributed by atoms with van der Waals surface area (Å²) in [6, 6.07) is 15.3. The molecule has 0 bridgehead atoms. The Morgan fingerprint density at radius 3 is 0.941 bits per heavy atom. The summed E-state index contributed by atoms with van der Waals surface area (Å²) in [7, 11) is 0. The van der Waals surface area contributed by atoms with E-state index in [4.69, 9.17) is 109 Å². The zero-order valence-electron chi connectivity index (χ0n) is 72.8. The number of aryl methyl sites for hydroxylation is 3. The standard InChI is InChI=1S/C31H25Cl4FN6O3.C31H25Cl3F2N6O3.C31H25Cl2F3N6O3/c1-5-19(43)40-8-10-41(11-9-40)28-16-12-18(32)26(20-21(33)29(44)23(35)22(34)24(20)36)39-30(16)42(31(45)17(28)13-37)27-15(4)6-7-38-25(27)14(2)3;1-5-19(43)40-8-10-41(11-9-40)28-16-12-18(32)26(20-21(33)29(44)24(36)22(34)23(20)35)39-30(16)42(31(45)17(28)13-37)27-15(4)6-7-38-25(27)14(2)3;1-5-19(43)40-8-10-41(11-9-40)28-16-12-18(32)26(20-22(34)23(35)21(33)24(36)29(20)44)39-30(16)42(31(45)17(28)13-37)27-15(4)6-7-38-25(27)14(2)3/h3*5-7,12,14,44H,1,8-11H2,2-4H3. The number of halogens is 15. The maximum atomic E-state index is 15.6. The first-order valence-corrected chi connectivity index (χ1v) is 44.5. The average molecular weight is 2020 g/mol. The summed E-state index contributed by atoms with van der Waals surface area (Å²) in [4.78, 5) is 117. The maximum Gasteiger partial charge on any atom is 0.276 e. The summed E-state index contributed by atoms with van der Waals surface area (Å²) in [6.45, 7) is 30.4. The SMILES string of the molecule is C=CC(=O)N1CCN(c2c(C#N)c(=O)n(-c3c(C)ccnc3C(C)C)c3nc(-c4c(F)c(Cl)c(Cl)c(O)c4Cl)c(Cl)cc23)CC1.C=CC(=O)N1CCN(c2c(C#N)c(=O)n(-c3c(C)ccnc3C(C)C)c3nc(-c4c(F)c(Cl)c(F)c(O)c4Cl)c(Cl)cc23)CC1.C=CC(=O)N1CCN(c2c(C#N)c(=O)n(-c3c(C)ccnc3C(C)C)c3nc(-c4c(O)c(F)c(Cl)c(F)c4F)c(Cl)cc23)CC1. The molecule has 696 valence electrons. The number of pyridine rings is 9. The summed E-state index contributed by atoms with van der Waals surface area (Å²) in [5.74, 6) is -13.4. The van der Waals surface area contributed by atoms with Crippen LogP contribution in [0.15, 0.2) is 107 Å². The number of nitriles is 3. The van der Waals surface area contributed by atoms with E-state index in [0.29, 0.717) is 69.3 Å². The molecule has 9 aromatic heterocycles. The maximum absolute atomic E-state index is 15.6. The van der Waals surface area contributed by atoms with Gasteiger partial charge in [0.15, 0.2) is 52.2 Å². The second-order valence-electron chi connectivity index (χ2n) is 32.0. The van der Waals surface area contributed by atoms with Crippen molar-refractivity contribution in [2.75, 3.05) is 93.2 Å². The van der Waals surface area contributed by atoms with Gasteiger partial charge in [-0.3, -0.25) is 57.4 Å². The minimum Gasteiger partial charge on any atom is -0.505 e. The van der Waals surface area contributed by atoms with E-state index in [1.54, 1.807) is 82.1 Å². The number of aromatic nitrogens is 9. The van der Waals surface area contributed by atoms with E-state index in [9.17, 15) is 73.0 Å². The van der Waals surface area contributed by atoms with Gasteiger partial charge < -0.3 is 44.7 Å². The average Bonchev–Trinajstić information content (AvgIpc) is 0.728. The van der Waals surface area contributed by atoms with Crippen molar-refractivity contribution in [3.05, 3.63) is 255 Å². The molecule has 3 N–H and O–H groups in total. The highest BCUT2D eigenvalue weighted by molar-refractivity contribution is 6.46. The van der Waals surface area contributed by atoms with Gasteiger partial charge in [-0.15, -0.1) is 0 Å². The van der Waals surface area contributed by atoms with Crippen molar-refractivity contribution in [2.45, 2.75) is 80.1 Å².